The maximum Gasteiger partial charge on any atom is 0.255 e. The van der Waals surface area contributed by atoms with Crippen LogP contribution in [0.4, 0.5) is 0 Å². The molecule has 2 aromatic rings. The first kappa shape index (κ1) is 23.0. The topological polar surface area (TPSA) is 65.5 Å². The van der Waals surface area contributed by atoms with Gasteiger partial charge in [-0.15, -0.1) is 0 Å². The summed E-state index contributed by atoms with van der Waals surface area (Å²) in [4.78, 5) is 34.7. The lowest BCUT2D eigenvalue weighted by Crippen LogP contribution is -2.39. The van der Waals surface area contributed by atoms with Gasteiger partial charge in [-0.05, 0) is 61.6 Å². The van der Waals surface area contributed by atoms with Crippen molar-refractivity contribution >= 4 is 11.8 Å². The van der Waals surface area contributed by atoms with Crippen molar-refractivity contribution in [3.8, 4) is 0 Å². The van der Waals surface area contributed by atoms with Gasteiger partial charge in [0, 0.05) is 44.8 Å². The zero-order valence-electron chi connectivity index (χ0n) is 20.5. The molecule has 1 saturated carbocycles. The fraction of sp³-hybridized carbons (Fsp3) is 0.536. The number of rotatable bonds is 7. The molecule has 5 rings (SSSR count). The summed E-state index contributed by atoms with van der Waals surface area (Å²) in [7, 11) is 0. The van der Waals surface area contributed by atoms with Crippen molar-refractivity contribution < 1.29 is 9.59 Å². The van der Waals surface area contributed by atoms with E-state index in [4.69, 9.17) is 0 Å². The van der Waals surface area contributed by atoms with E-state index in [1.54, 1.807) is 6.20 Å². The Labute approximate surface area is 202 Å². The molecule has 1 N–H and O–H groups in total. The van der Waals surface area contributed by atoms with E-state index in [2.05, 4.69) is 46.4 Å². The lowest BCUT2D eigenvalue weighted by molar-refractivity contribution is -0.123. The zero-order valence-corrected chi connectivity index (χ0v) is 20.5. The molecule has 1 aromatic heterocycles. The molecule has 0 bridgehead atoms. The summed E-state index contributed by atoms with van der Waals surface area (Å²) in [6, 6.07) is 12.3. The molecule has 1 aliphatic carbocycles. The van der Waals surface area contributed by atoms with Crippen molar-refractivity contribution in [2.75, 3.05) is 32.7 Å². The SMILES string of the molecule is Cc1ccnc(C)c1C(=O)N1CC2CN(CC(C)C(NC(=O)C3CC3)c3ccccc3)C[C@H]2C1. The number of hydrogen-bond donors (Lipinski definition) is 1. The molecule has 6 heteroatoms. The summed E-state index contributed by atoms with van der Waals surface area (Å²) < 4.78 is 0. The average Bonchev–Trinajstić information content (AvgIpc) is 3.50. The quantitative estimate of drug-likeness (QED) is 0.686. The Morgan fingerprint density at radius 3 is 2.32 bits per heavy atom. The maximum atomic E-state index is 13.2. The Morgan fingerprint density at radius 2 is 1.71 bits per heavy atom. The number of nitrogens with zero attached hydrogens (tertiary/aromatic N) is 3. The number of amides is 2. The van der Waals surface area contributed by atoms with Crippen molar-refractivity contribution in [2.24, 2.45) is 23.7 Å². The number of fused-ring (bicyclic) bond motifs is 1. The number of likely N-dealkylation sites (tertiary alicyclic amines) is 2. The highest BCUT2D eigenvalue weighted by Crippen LogP contribution is 2.35. The molecule has 3 aliphatic rings. The molecule has 2 amide bonds. The number of pyridine rings is 1. The average molecular weight is 461 g/mol. The number of aryl methyl sites for hydroxylation is 2. The molecule has 0 spiro atoms. The van der Waals surface area contributed by atoms with E-state index in [0.29, 0.717) is 17.8 Å². The van der Waals surface area contributed by atoms with Gasteiger partial charge in [-0.3, -0.25) is 14.6 Å². The van der Waals surface area contributed by atoms with Gasteiger partial charge in [-0.1, -0.05) is 37.3 Å². The van der Waals surface area contributed by atoms with Gasteiger partial charge in [0.2, 0.25) is 5.91 Å². The van der Waals surface area contributed by atoms with Gasteiger partial charge in [0.25, 0.3) is 5.91 Å². The number of hydrogen-bond acceptors (Lipinski definition) is 4. The fourth-order valence-corrected chi connectivity index (χ4v) is 5.92. The lowest BCUT2D eigenvalue weighted by Gasteiger charge is -2.30. The predicted molar refractivity (Wildman–Crippen MR) is 132 cm³/mol. The Morgan fingerprint density at radius 1 is 1.03 bits per heavy atom. The van der Waals surface area contributed by atoms with Crippen LogP contribution >= 0.6 is 0 Å². The smallest absolute Gasteiger partial charge is 0.255 e. The summed E-state index contributed by atoms with van der Waals surface area (Å²) in [6.45, 7) is 10.8. The van der Waals surface area contributed by atoms with Crippen LogP contribution in [0.25, 0.3) is 0 Å². The zero-order chi connectivity index (χ0) is 23.8. The van der Waals surface area contributed by atoms with Gasteiger partial charge in [-0.25, -0.2) is 0 Å². The molecule has 3 fully saturated rings. The van der Waals surface area contributed by atoms with E-state index < -0.39 is 0 Å². The predicted octanol–water partition coefficient (Wildman–Crippen LogP) is 3.61. The molecule has 1 aromatic carbocycles. The Kier molecular flexibility index (Phi) is 6.43. The van der Waals surface area contributed by atoms with E-state index in [-0.39, 0.29) is 23.8 Å². The molecule has 3 unspecified atom stereocenters. The third-order valence-corrected chi connectivity index (χ3v) is 7.93. The van der Waals surface area contributed by atoms with Gasteiger partial charge >= 0.3 is 0 Å². The molecule has 6 nitrogen and oxygen atoms in total. The summed E-state index contributed by atoms with van der Waals surface area (Å²) in [5, 5.41) is 3.35. The van der Waals surface area contributed by atoms with E-state index in [1.807, 2.05) is 30.9 Å². The highest BCUT2D eigenvalue weighted by atomic mass is 16.2. The minimum atomic E-state index is 0.0318. The van der Waals surface area contributed by atoms with Crippen LogP contribution in [0.1, 0.15) is 53.0 Å². The second-order valence-corrected chi connectivity index (χ2v) is 10.7. The monoisotopic (exact) mass is 460 g/mol. The number of aromatic nitrogens is 1. The van der Waals surface area contributed by atoms with Crippen LogP contribution in [0, 0.1) is 37.5 Å². The van der Waals surface area contributed by atoms with E-state index in [1.165, 1.54) is 5.56 Å². The van der Waals surface area contributed by atoms with Gasteiger partial charge in [0.05, 0.1) is 17.3 Å². The molecular weight excluding hydrogens is 424 g/mol. The molecule has 0 radical (unpaired) electrons. The van der Waals surface area contributed by atoms with Gasteiger partial charge in [-0.2, -0.15) is 0 Å². The van der Waals surface area contributed by atoms with Crippen LogP contribution in [0.15, 0.2) is 42.6 Å². The molecule has 2 saturated heterocycles. The van der Waals surface area contributed by atoms with Crippen molar-refractivity contribution in [2.45, 2.75) is 39.7 Å². The van der Waals surface area contributed by atoms with E-state index >= 15 is 0 Å². The maximum absolute atomic E-state index is 13.2. The van der Waals surface area contributed by atoms with Crippen LogP contribution in [0.3, 0.4) is 0 Å². The van der Waals surface area contributed by atoms with Gasteiger partial charge in [0.15, 0.2) is 0 Å². The van der Waals surface area contributed by atoms with Crippen molar-refractivity contribution in [3.63, 3.8) is 0 Å². The van der Waals surface area contributed by atoms with Crippen LogP contribution in [-0.4, -0.2) is 59.3 Å². The third-order valence-electron chi connectivity index (χ3n) is 7.93. The van der Waals surface area contributed by atoms with E-state index in [0.717, 1.165) is 62.4 Å². The first-order valence-electron chi connectivity index (χ1n) is 12.7. The summed E-state index contributed by atoms with van der Waals surface area (Å²) >= 11 is 0. The second-order valence-electron chi connectivity index (χ2n) is 10.7. The minimum absolute atomic E-state index is 0.0318. The van der Waals surface area contributed by atoms with E-state index in [9.17, 15) is 9.59 Å². The third kappa shape index (κ3) is 4.74. The van der Waals surface area contributed by atoms with Crippen molar-refractivity contribution in [1.29, 1.82) is 0 Å². The molecule has 34 heavy (non-hydrogen) atoms. The van der Waals surface area contributed by atoms with Crippen molar-refractivity contribution in [1.82, 2.24) is 20.1 Å². The normalized spacial score (nSPS) is 24.0. The Hall–Kier alpha value is -2.73. The molecule has 180 valence electrons. The standard InChI is InChI=1S/C28H36N4O2/c1-18-11-12-29-20(3)25(18)28(34)32-16-23-14-31(15-24(23)17-32)13-19(2)26(21-7-5-4-6-8-21)30-27(33)22-9-10-22/h4-8,11-12,19,22-24,26H,9-10,13-17H2,1-3H3,(H,30,33)/t19?,23-,24?,26?/m0/s1. The lowest BCUT2D eigenvalue weighted by atomic mass is 9.93. The largest absolute Gasteiger partial charge is 0.349 e. The summed E-state index contributed by atoms with van der Waals surface area (Å²) in [5.41, 5.74) is 3.77. The number of benzene rings is 1. The Balaban J connectivity index is 1.20. The second kappa shape index (κ2) is 9.49. The number of carbonyl (C=O) groups is 2. The number of nitrogens with one attached hydrogen (secondary N) is 1. The first-order chi connectivity index (χ1) is 16.4. The van der Waals surface area contributed by atoms with Crippen LogP contribution in [0.5, 0.6) is 0 Å². The first-order valence-corrected chi connectivity index (χ1v) is 12.7. The van der Waals surface area contributed by atoms with Crippen LogP contribution in [-0.2, 0) is 4.79 Å². The molecule has 2 aliphatic heterocycles. The molecule has 3 heterocycles. The van der Waals surface area contributed by atoms with Crippen molar-refractivity contribution in [3.05, 3.63) is 65.0 Å². The molecular formula is C28H36N4O2. The van der Waals surface area contributed by atoms with Crippen LogP contribution < -0.4 is 5.32 Å². The fourth-order valence-electron chi connectivity index (χ4n) is 5.92. The summed E-state index contributed by atoms with van der Waals surface area (Å²) in [6.07, 6.45) is 3.81. The van der Waals surface area contributed by atoms with Gasteiger partial charge in [0.1, 0.15) is 0 Å². The highest BCUT2D eigenvalue weighted by Gasteiger charge is 2.43. The number of carbonyl (C=O) groups excluding carboxylic acids is 2. The molecule has 4 atom stereocenters. The minimum Gasteiger partial charge on any atom is -0.349 e. The highest BCUT2D eigenvalue weighted by molar-refractivity contribution is 5.96. The summed E-state index contributed by atoms with van der Waals surface area (Å²) in [5.74, 6) is 1.88. The van der Waals surface area contributed by atoms with Gasteiger partial charge < -0.3 is 15.1 Å². The Bertz CT molecular complexity index is 1020. The van der Waals surface area contributed by atoms with Crippen LogP contribution in [0.2, 0.25) is 0 Å².